The summed E-state index contributed by atoms with van der Waals surface area (Å²) in [4.78, 5) is 13.0. The minimum atomic E-state index is -1.34. The van der Waals surface area contributed by atoms with E-state index >= 15 is 0 Å². The van der Waals surface area contributed by atoms with E-state index in [-0.39, 0.29) is 0 Å². The molecular formula is C29H43NO6. The van der Waals surface area contributed by atoms with Crippen molar-refractivity contribution in [1.82, 2.24) is 5.32 Å². The van der Waals surface area contributed by atoms with Crippen LogP contribution < -0.4 is 5.32 Å². The third-order valence-corrected chi connectivity index (χ3v) is 6.97. The fourth-order valence-electron chi connectivity index (χ4n) is 4.73. The summed E-state index contributed by atoms with van der Waals surface area (Å²) in [6.07, 6.45) is 7.42. The lowest BCUT2D eigenvalue weighted by atomic mass is 9.96. The fourth-order valence-corrected chi connectivity index (χ4v) is 4.73. The zero-order chi connectivity index (χ0) is 25.8. The number of aliphatic hydroxyl groups is 3. The van der Waals surface area contributed by atoms with Gasteiger partial charge in [0.2, 0.25) is 0 Å². The number of unbranched alkanes of at least 4 members (excludes halogenated alkanes) is 9. The molecule has 0 bridgehead atoms. The number of amides is 1. The summed E-state index contributed by atoms with van der Waals surface area (Å²) in [5.74, 6) is -0.393. The highest BCUT2D eigenvalue weighted by Gasteiger charge is 2.45. The van der Waals surface area contributed by atoms with Crippen molar-refractivity contribution < 1.29 is 29.6 Å². The number of aliphatic hydroxyl groups excluding tert-OH is 3. The van der Waals surface area contributed by atoms with Gasteiger partial charge in [-0.2, -0.15) is 0 Å². The molecule has 7 nitrogen and oxygen atoms in total. The molecule has 0 radical (unpaired) electrons. The second kappa shape index (κ2) is 15.3. The second-order valence-electron chi connectivity index (χ2n) is 9.82. The van der Waals surface area contributed by atoms with E-state index in [0.717, 1.165) is 30.0 Å². The number of benzene rings is 2. The van der Waals surface area contributed by atoms with Crippen molar-refractivity contribution in [2.75, 3.05) is 13.2 Å². The first-order valence-corrected chi connectivity index (χ1v) is 13.6. The first-order valence-electron chi connectivity index (χ1n) is 13.6. The van der Waals surface area contributed by atoms with Crippen LogP contribution in [0.15, 0.2) is 42.5 Å². The van der Waals surface area contributed by atoms with Crippen LogP contribution in [0.1, 0.15) is 81.5 Å². The van der Waals surface area contributed by atoms with Gasteiger partial charge in [0, 0.05) is 12.2 Å². The largest absolute Gasteiger partial charge is 0.394 e. The lowest BCUT2D eigenvalue weighted by Gasteiger charge is -2.42. The van der Waals surface area contributed by atoms with Crippen LogP contribution in [0.2, 0.25) is 0 Å². The molecule has 0 saturated carbocycles. The maximum atomic E-state index is 13.0. The molecule has 4 N–H and O–H groups in total. The molecule has 0 aromatic heterocycles. The molecule has 5 atom stereocenters. The third kappa shape index (κ3) is 8.25. The second-order valence-corrected chi connectivity index (χ2v) is 9.82. The van der Waals surface area contributed by atoms with Crippen LogP contribution in [0.5, 0.6) is 0 Å². The molecule has 1 heterocycles. The fraction of sp³-hybridized carbons (Fsp3) is 0.621. The number of rotatable bonds is 15. The summed E-state index contributed by atoms with van der Waals surface area (Å²) in [6.45, 7) is 2.18. The molecule has 1 fully saturated rings. The van der Waals surface area contributed by atoms with E-state index in [1.165, 1.54) is 44.9 Å². The maximum absolute atomic E-state index is 13.0. The summed E-state index contributed by atoms with van der Waals surface area (Å²) in [7, 11) is 0. The zero-order valence-corrected chi connectivity index (χ0v) is 21.5. The van der Waals surface area contributed by atoms with E-state index in [4.69, 9.17) is 9.47 Å². The van der Waals surface area contributed by atoms with Crippen molar-refractivity contribution >= 4 is 16.7 Å². The third-order valence-electron chi connectivity index (χ3n) is 6.97. The monoisotopic (exact) mass is 501 g/mol. The average Bonchev–Trinajstić information content (AvgIpc) is 2.90. The SMILES string of the molecule is CCCCCCCCCCCCO[C@@H]1O[C@H](CO)[C@@H](O)[C@H](O)[C@H]1NC(=O)c1ccc2ccccc2c1. The van der Waals surface area contributed by atoms with Gasteiger partial charge in [-0.1, -0.05) is 95.0 Å². The van der Waals surface area contributed by atoms with Crippen LogP contribution in [0.3, 0.4) is 0 Å². The van der Waals surface area contributed by atoms with Crippen molar-refractivity contribution in [2.24, 2.45) is 0 Å². The van der Waals surface area contributed by atoms with Crippen LogP contribution in [-0.2, 0) is 9.47 Å². The average molecular weight is 502 g/mol. The number of hydrogen-bond donors (Lipinski definition) is 4. The molecule has 2 aromatic rings. The standard InChI is InChI=1S/C29H43NO6/c1-2-3-4-5-6-7-8-9-10-13-18-35-29-25(27(33)26(32)24(20-31)36-29)30-28(34)23-17-16-21-14-11-12-15-22(21)19-23/h11-12,14-17,19,24-27,29,31-33H,2-10,13,18,20H2,1H3,(H,30,34)/t24-,25-,26-,27-,29-/m1/s1. The lowest BCUT2D eigenvalue weighted by molar-refractivity contribution is -0.269. The van der Waals surface area contributed by atoms with Gasteiger partial charge < -0.3 is 30.1 Å². The Balaban J connectivity index is 1.50. The van der Waals surface area contributed by atoms with E-state index in [9.17, 15) is 20.1 Å². The van der Waals surface area contributed by atoms with Gasteiger partial charge in [-0.3, -0.25) is 4.79 Å². The van der Waals surface area contributed by atoms with Gasteiger partial charge in [0.1, 0.15) is 24.4 Å². The molecule has 7 heteroatoms. The lowest BCUT2D eigenvalue weighted by Crippen LogP contribution is -2.64. The molecule has 0 spiro atoms. The number of hydrogen-bond acceptors (Lipinski definition) is 6. The summed E-state index contributed by atoms with van der Waals surface area (Å²) in [6, 6.07) is 12.2. The molecule has 200 valence electrons. The van der Waals surface area contributed by atoms with E-state index in [0.29, 0.717) is 12.2 Å². The molecule has 2 aromatic carbocycles. The molecule has 0 aliphatic carbocycles. The summed E-state index contributed by atoms with van der Waals surface area (Å²) in [5.41, 5.74) is 0.438. The summed E-state index contributed by atoms with van der Waals surface area (Å²) >= 11 is 0. The van der Waals surface area contributed by atoms with Crippen LogP contribution in [0, 0.1) is 0 Å². The van der Waals surface area contributed by atoms with Crippen molar-refractivity contribution in [3.8, 4) is 0 Å². The smallest absolute Gasteiger partial charge is 0.251 e. The van der Waals surface area contributed by atoms with Crippen molar-refractivity contribution in [1.29, 1.82) is 0 Å². The van der Waals surface area contributed by atoms with Gasteiger partial charge in [-0.25, -0.2) is 0 Å². The highest BCUT2D eigenvalue weighted by Crippen LogP contribution is 2.24. The molecule has 1 saturated heterocycles. The van der Waals surface area contributed by atoms with Crippen LogP contribution in [0.4, 0.5) is 0 Å². The molecule has 1 aliphatic rings. The Morgan fingerprint density at radius 1 is 0.889 bits per heavy atom. The maximum Gasteiger partial charge on any atom is 0.251 e. The molecule has 1 aliphatic heterocycles. The minimum Gasteiger partial charge on any atom is -0.394 e. The Morgan fingerprint density at radius 3 is 2.19 bits per heavy atom. The van der Waals surface area contributed by atoms with E-state index in [2.05, 4.69) is 12.2 Å². The van der Waals surface area contributed by atoms with Crippen molar-refractivity contribution in [3.63, 3.8) is 0 Å². The number of fused-ring (bicyclic) bond motifs is 1. The number of nitrogens with one attached hydrogen (secondary N) is 1. The van der Waals surface area contributed by atoms with Crippen molar-refractivity contribution in [2.45, 2.75) is 102 Å². The Labute approximate surface area is 214 Å². The van der Waals surface area contributed by atoms with Crippen LogP contribution in [0.25, 0.3) is 10.8 Å². The van der Waals surface area contributed by atoms with Gasteiger partial charge in [0.25, 0.3) is 5.91 Å². The first-order chi connectivity index (χ1) is 17.5. The Hall–Kier alpha value is -2.03. The Kier molecular flexibility index (Phi) is 12.1. The van der Waals surface area contributed by atoms with Gasteiger partial charge in [-0.15, -0.1) is 0 Å². The van der Waals surface area contributed by atoms with Crippen LogP contribution in [-0.4, -0.2) is 65.1 Å². The minimum absolute atomic E-state index is 0.393. The van der Waals surface area contributed by atoms with Crippen molar-refractivity contribution in [3.05, 3.63) is 48.0 Å². The summed E-state index contributed by atoms with van der Waals surface area (Å²) in [5, 5.41) is 35.4. The molecule has 1 amide bonds. The number of carbonyl (C=O) groups is 1. The topological polar surface area (TPSA) is 108 Å². The number of ether oxygens (including phenoxy) is 2. The quantitative estimate of drug-likeness (QED) is 0.271. The Bertz CT molecular complexity index is 922. The number of carbonyl (C=O) groups excluding carboxylic acids is 1. The predicted octanol–water partition coefficient (Wildman–Crippen LogP) is 4.31. The van der Waals surface area contributed by atoms with E-state index in [1.807, 2.05) is 30.3 Å². The van der Waals surface area contributed by atoms with E-state index < -0.39 is 43.2 Å². The van der Waals surface area contributed by atoms with Gasteiger partial charge in [-0.05, 0) is 29.3 Å². The van der Waals surface area contributed by atoms with Crippen LogP contribution >= 0.6 is 0 Å². The van der Waals surface area contributed by atoms with Gasteiger partial charge in [0.15, 0.2) is 6.29 Å². The zero-order valence-electron chi connectivity index (χ0n) is 21.5. The van der Waals surface area contributed by atoms with Gasteiger partial charge >= 0.3 is 0 Å². The highest BCUT2D eigenvalue weighted by molar-refractivity contribution is 5.98. The molecule has 36 heavy (non-hydrogen) atoms. The van der Waals surface area contributed by atoms with E-state index in [1.54, 1.807) is 12.1 Å². The highest BCUT2D eigenvalue weighted by atomic mass is 16.7. The molecular weight excluding hydrogens is 458 g/mol. The van der Waals surface area contributed by atoms with Gasteiger partial charge in [0.05, 0.1) is 6.61 Å². The summed E-state index contributed by atoms with van der Waals surface area (Å²) < 4.78 is 11.6. The molecule has 3 rings (SSSR count). The first kappa shape index (κ1) is 28.5. The molecule has 0 unspecified atom stereocenters. The Morgan fingerprint density at radius 2 is 1.53 bits per heavy atom. The predicted molar refractivity (Wildman–Crippen MR) is 141 cm³/mol. The normalized spacial score (nSPS) is 24.2.